The third kappa shape index (κ3) is 24.5. The molecule has 0 spiro atoms. The minimum absolute atomic E-state index is 0.0771. The van der Waals surface area contributed by atoms with Gasteiger partial charge >= 0.3 is 0 Å². The van der Waals surface area contributed by atoms with Crippen LogP contribution in [-0.4, -0.2) is 31.7 Å². The summed E-state index contributed by atoms with van der Waals surface area (Å²) in [6.07, 6.45) is 50.5. The Hall–Kier alpha value is -1.02. The minimum Gasteiger partial charge on any atom is -0.385 e. The van der Waals surface area contributed by atoms with Crippen molar-refractivity contribution in [3.63, 3.8) is 0 Å². The van der Waals surface area contributed by atoms with E-state index < -0.39 is 0 Å². The maximum absolute atomic E-state index is 4.06. The molecule has 1 N–H and O–H groups in total. The van der Waals surface area contributed by atoms with Crippen molar-refractivity contribution in [2.75, 3.05) is 32.5 Å². The Bertz CT molecular complexity index is 977. The SMILES string of the molecule is CCCCCCCCCCCCCCCCCCc1ccc(C(C)(C)[N+](C)(C)CCCCCCCCCCCCCCCC)c(CCC)c1NCCCCC. The van der Waals surface area contributed by atoms with Crippen molar-refractivity contribution in [2.24, 2.45) is 0 Å². The van der Waals surface area contributed by atoms with Crippen LogP contribution < -0.4 is 5.32 Å². The summed E-state index contributed by atoms with van der Waals surface area (Å²) in [6.45, 7) is 16.8. The van der Waals surface area contributed by atoms with Crippen LogP contribution in [0, 0.1) is 0 Å². The van der Waals surface area contributed by atoms with Gasteiger partial charge in [-0.25, -0.2) is 0 Å². The summed E-state index contributed by atoms with van der Waals surface area (Å²) in [5.74, 6) is 0. The number of quaternary nitrogens is 1. The first-order valence-corrected chi connectivity index (χ1v) is 25.5. The van der Waals surface area contributed by atoms with Gasteiger partial charge in [-0.15, -0.1) is 0 Å². The second kappa shape index (κ2) is 35.0. The van der Waals surface area contributed by atoms with E-state index >= 15 is 0 Å². The van der Waals surface area contributed by atoms with Crippen LogP contribution in [0.2, 0.25) is 0 Å². The first-order valence-electron chi connectivity index (χ1n) is 25.5. The fourth-order valence-electron chi connectivity index (χ4n) is 8.97. The van der Waals surface area contributed by atoms with Gasteiger partial charge in [-0.3, -0.25) is 0 Å². The van der Waals surface area contributed by atoms with Crippen molar-refractivity contribution < 1.29 is 4.48 Å². The van der Waals surface area contributed by atoms with Gasteiger partial charge < -0.3 is 9.80 Å². The van der Waals surface area contributed by atoms with Gasteiger partial charge in [-0.05, 0) is 63.5 Å². The lowest BCUT2D eigenvalue weighted by Crippen LogP contribution is -2.54. The van der Waals surface area contributed by atoms with Crippen LogP contribution in [-0.2, 0) is 18.4 Å². The zero-order chi connectivity index (χ0) is 40.3. The van der Waals surface area contributed by atoms with Gasteiger partial charge in [0.15, 0.2) is 0 Å². The second-order valence-corrected chi connectivity index (χ2v) is 19.1. The average Bonchev–Trinajstić information content (AvgIpc) is 3.17. The minimum atomic E-state index is 0.0771. The van der Waals surface area contributed by atoms with Crippen molar-refractivity contribution >= 4 is 5.69 Å². The number of aryl methyl sites for hydroxylation is 1. The molecule has 0 amide bonds. The lowest BCUT2D eigenvalue weighted by atomic mass is 9.82. The Kier molecular flexibility index (Phi) is 33.1. The Morgan fingerprint density at radius 2 is 0.782 bits per heavy atom. The molecule has 0 aromatic heterocycles. The Balaban J connectivity index is 2.60. The zero-order valence-electron chi connectivity index (χ0n) is 39.5. The normalized spacial score (nSPS) is 12.2. The maximum atomic E-state index is 4.06. The van der Waals surface area contributed by atoms with Gasteiger partial charge in [0.25, 0.3) is 0 Å². The highest BCUT2D eigenvalue weighted by Gasteiger charge is 2.40. The van der Waals surface area contributed by atoms with E-state index in [2.05, 4.69) is 73.1 Å². The van der Waals surface area contributed by atoms with E-state index in [1.54, 1.807) is 16.7 Å². The molecular formula is C53H103N2+. The van der Waals surface area contributed by atoms with E-state index in [4.69, 9.17) is 0 Å². The molecule has 55 heavy (non-hydrogen) atoms. The molecule has 1 aromatic carbocycles. The molecule has 0 unspecified atom stereocenters. The van der Waals surface area contributed by atoms with E-state index in [9.17, 15) is 0 Å². The molecule has 0 radical (unpaired) electrons. The number of unbranched alkanes of at least 4 members (excludes halogenated alkanes) is 30. The van der Waals surface area contributed by atoms with E-state index in [0.717, 1.165) is 11.0 Å². The second-order valence-electron chi connectivity index (χ2n) is 19.1. The number of hydrogen-bond acceptors (Lipinski definition) is 1. The lowest BCUT2D eigenvalue weighted by Gasteiger charge is -2.46. The summed E-state index contributed by atoms with van der Waals surface area (Å²) < 4.78 is 1.07. The Morgan fingerprint density at radius 1 is 0.418 bits per heavy atom. The Morgan fingerprint density at radius 3 is 1.18 bits per heavy atom. The maximum Gasteiger partial charge on any atom is 0.119 e. The average molecular weight is 768 g/mol. The van der Waals surface area contributed by atoms with Gasteiger partial charge in [0.05, 0.1) is 20.6 Å². The predicted molar refractivity (Wildman–Crippen MR) is 252 cm³/mol. The molecular weight excluding hydrogens is 665 g/mol. The molecule has 1 rings (SSSR count). The molecule has 2 heteroatoms. The van der Waals surface area contributed by atoms with Crippen LogP contribution in [0.5, 0.6) is 0 Å². The molecule has 0 saturated carbocycles. The van der Waals surface area contributed by atoms with E-state index in [1.165, 1.54) is 243 Å². The number of nitrogens with one attached hydrogen (secondary N) is 1. The smallest absolute Gasteiger partial charge is 0.119 e. The quantitative estimate of drug-likeness (QED) is 0.0517. The van der Waals surface area contributed by atoms with Crippen molar-refractivity contribution in [3.05, 3.63) is 28.8 Å². The summed E-state index contributed by atoms with van der Waals surface area (Å²) in [7, 11) is 5.02. The Labute approximate surface area is 348 Å². The first kappa shape index (κ1) is 52.0. The molecule has 0 aliphatic rings. The van der Waals surface area contributed by atoms with Crippen molar-refractivity contribution in [2.45, 2.75) is 278 Å². The lowest BCUT2D eigenvalue weighted by molar-refractivity contribution is -0.945. The number of nitrogens with zero attached hydrogens (tertiary/aromatic N) is 1. The largest absolute Gasteiger partial charge is 0.385 e. The number of rotatable bonds is 41. The molecule has 0 aliphatic heterocycles. The van der Waals surface area contributed by atoms with Crippen LogP contribution in [0.25, 0.3) is 0 Å². The van der Waals surface area contributed by atoms with Crippen LogP contribution in [0.15, 0.2) is 12.1 Å². The van der Waals surface area contributed by atoms with Gasteiger partial charge in [0.1, 0.15) is 5.54 Å². The molecule has 0 atom stereocenters. The molecule has 0 saturated heterocycles. The van der Waals surface area contributed by atoms with Gasteiger partial charge in [0, 0.05) is 17.8 Å². The first-order chi connectivity index (χ1) is 26.8. The number of anilines is 1. The standard InChI is InChI=1S/C53H103N2/c1-9-13-16-18-20-22-24-26-28-29-30-32-34-36-38-40-44-49-45-46-51(50(43-12-4)52(49)54-47-41-15-11-3)53(5,6)55(7,8)48-42-39-37-35-33-31-27-25-23-21-19-17-14-10-2/h45-46,54H,9-44,47-48H2,1-8H3/q+1. The summed E-state index contributed by atoms with van der Waals surface area (Å²) in [6, 6.07) is 5.10. The molecule has 0 heterocycles. The molecule has 0 bridgehead atoms. The van der Waals surface area contributed by atoms with E-state index in [1.807, 2.05) is 0 Å². The van der Waals surface area contributed by atoms with Gasteiger partial charge in [-0.2, -0.15) is 0 Å². The van der Waals surface area contributed by atoms with Crippen LogP contribution in [0.1, 0.15) is 277 Å². The summed E-state index contributed by atoms with van der Waals surface area (Å²) in [5, 5.41) is 4.06. The number of hydrogen-bond donors (Lipinski definition) is 1. The molecule has 0 fully saturated rings. The molecule has 2 nitrogen and oxygen atoms in total. The highest BCUT2D eigenvalue weighted by Crippen LogP contribution is 2.40. The van der Waals surface area contributed by atoms with Crippen molar-refractivity contribution in [3.8, 4) is 0 Å². The van der Waals surface area contributed by atoms with Crippen molar-refractivity contribution in [1.29, 1.82) is 0 Å². The number of benzene rings is 1. The molecule has 324 valence electrons. The summed E-state index contributed by atoms with van der Waals surface area (Å²) in [4.78, 5) is 0. The van der Waals surface area contributed by atoms with E-state index in [0.29, 0.717) is 0 Å². The van der Waals surface area contributed by atoms with Crippen LogP contribution in [0.4, 0.5) is 5.69 Å². The highest BCUT2D eigenvalue weighted by molar-refractivity contribution is 5.62. The van der Waals surface area contributed by atoms with Crippen LogP contribution in [0.3, 0.4) is 0 Å². The third-order valence-corrected chi connectivity index (χ3v) is 13.5. The van der Waals surface area contributed by atoms with Crippen molar-refractivity contribution in [1.82, 2.24) is 0 Å². The zero-order valence-corrected chi connectivity index (χ0v) is 39.5. The van der Waals surface area contributed by atoms with Gasteiger partial charge in [-0.1, -0.05) is 232 Å². The van der Waals surface area contributed by atoms with Gasteiger partial charge in [0.2, 0.25) is 0 Å². The molecule has 0 aliphatic carbocycles. The third-order valence-electron chi connectivity index (χ3n) is 13.5. The van der Waals surface area contributed by atoms with Crippen LogP contribution >= 0.6 is 0 Å². The monoisotopic (exact) mass is 768 g/mol. The topological polar surface area (TPSA) is 12.0 Å². The molecule has 1 aromatic rings. The summed E-state index contributed by atoms with van der Waals surface area (Å²) in [5.41, 5.74) is 6.40. The fourth-order valence-corrected chi connectivity index (χ4v) is 8.97. The predicted octanol–water partition coefficient (Wildman–Crippen LogP) is 17.8. The summed E-state index contributed by atoms with van der Waals surface area (Å²) >= 11 is 0. The highest BCUT2D eigenvalue weighted by atomic mass is 15.4. The van der Waals surface area contributed by atoms with E-state index in [-0.39, 0.29) is 5.54 Å². The fraction of sp³-hybridized carbons (Fsp3) is 0.887.